The van der Waals surface area contributed by atoms with Crippen molar-refractivity contribution in [3.05, 3.63) is 40.7 Å². The minimum Gasteiger partial charge on any atom is -0.342 e. The summed E-state index contributed by atoms with van der Waals surface area (Å²) in [5.41, 5.74) is 0.220. The molecule has 2 aliphatic rings. The molecule has 1 aromatic carbocycles. The normalized spacial score (nSPS) is 20.9. The fourth-order valence-electron chi connectivity index (χ4n) is 6.48. The van der Waals surface area contributed by atoms with Gasteiger partial charge in [-0.1, -0.05) is 58.7 Å². The van der Waals surface area contributed by atoms with Crippen molar-refractivity contribution < 1.29 is 23.6 Å². The zero-order valence-corrected chi connectivity index (χ0v) is 29.7. The molecule has 3 rings (SSSR count). The van der Waals surface area contributed by atoms with E-state index in [2.05, 4.69) is 29.4 Å². The topological polar surface area (TPSA) is 102 Å². The number of hydrogen-bond acceptors (Lipinski definition) is 5. The molecule has 0 bridgehead atoms. The van der Waals surface area contributed by atoms with Gasteiger partial charge in [0.15, 0.2) is 0 Å². The predicted molar refractivity (Wildman–Crippen MR) is 181 cm³/mol. The number of halogens is 2. The minimum atomic E-state index is -0.766. The van der Waals surface area contributed by atoms with E-state index in [1.165, 1.54) is 18.2 Å². The highest BCUT2D eigenvalue weighted by Gasteiger charge is 2.40. The van der Waals surface area contributed by atoms with Gasteiger partial charge in [0, 0.05) is 30.9 Å². The van der Waals surface area contributed by atoms with Gasteiger partial charge < -0.3 is 20.4 Å². The lowest BCUT2D eigenvalue weighted by atomic mass is 9.84. The van der Waals surface area contributed by atoms with Gasteiger partial charge in [0.05, 0.1) is 17.1 Å². The number of nitrogens with one attached hydrogen (secondary N) is 2. The largest absolute Gasteiger partial charge is 0.342 e. The van der Waals surface area contributed by atoms with Crippen LogP contribution < -0.4 is 10.6 Å². The van der Waals surface area contributed by atoms with Crippen LogP contribution in [0.1, 0.15) is 87.5 Å². The van der Waals surface area contributed by atoms with E-state index in [1.54, 1.807) is 29.8 Å². The number of piperidine rings is 1. The van der Waals surface area contributed by atoms with Crippen LogP contribution in [0.4, 0.5) is 10.1 Å². The monoisotopic (exact) mass is 661 g/mol. The Morgan fingerprint density at radius 2 is 1.65 bits per heavy atom. The maximum absolute atomic E-state index is 14.1. The van der Waals surface area contributed by atoms with E-state index in [1.807, 2.05) is 34.6 Å². The lowest BCUT2D eigenvalue weighted by Gasteiger charge is -2.41. The molecule has 0 saturated carbocycles. The lowest BCUT2D eigenvalue weighted by molar-refractivity contribution is -0.142. The second-order valence-corrected chi connectivity index (χ2v) is 14.9. The van der Waals surface area contributed by atoms with E-state index in [0.717, 1.165) is 25.8 Å². The molecule has 2 fully saturated rings. The highest BCUT2D eigenvalue weighted by Crippen LogP contribution is 2.27. The van der Waals surface area contributed by atoms with Crippen molar-refractivity contribution in [2.24, 2.45) is 11.3 Å². The molecule has 2 heterocycles. The second-order valence-electron chi connectivity index (χ2n) is 14.5. The summed E-state index contributed by atoms with van der Waals surface area (Å²) in [4.78, 5) is 60.0. The number of carbonyl (C=O) groups is 4. The Hall–Kier alpha value is -2.98. The summed E-state index contributed by atoms with van der Waals surface area (Å²) in [6, 6.07) is 2.00. The van der Waals surface area contributed by atoms with E-state index in [-0.39, 0.29) is 46.7 Å². The Morgan fingerprint density at radius 1 is 1.00 bits per heavy atom. The number of likely N-dealkylation sites (tertiary alicyclic amines) is 2. The molecule has 0 radical (unpaired) electrons. The van der Waals surface area contributed by atoms with Crippen molar-refractivity contribution in [1.29, 1.82) is 0 Å². The maximum atomic E-state index is 14.1. The highest BCUT2D eigenvalue weighted by molar-refractivity contribution is 6.31. The highest BCUT2D eigenvalue weighted by atomic mass is 35.5. The van der Waals surface area contributed by atoms with Crippen LogP contribution in [0.5, 0.6) is 0 Å². The molecule has 2 N–H and O–H groups in total. The molecule has 1 aromatic rings. The number of rotatable bonds is 10. The zero-order valence-electron chi connectivity index (χ0n) is 29.0. The molecule has 0 aliphatic carbocycles. The Labute approximate surface area is 279 Å². The molecule has 2 saturated heterocycles. The van der Waals surface area contributed by atoms with Gasteiger partial charge in [-0.25, -0.2) is 4.39 Å². The number of amides is 4. The number of benzene rings is 1. The van der Waals surface area contributed by atoms with Crippen molar-refractivity contribution in [3.63, 3.8) is 0 Å². The molecule has 11 heteroatoms. The van der Waals surface area contributed by atoms with Gasteiger partial charge in [-0.05, 0) is 82.5 Å². The number of nitrogens with zero attached hydrogens (tertiary/aromatic N) is 3. The molecule has 256 valence electrons. The quantitative estimate of drug-likeness (QED) is 0.317. The van der Waals surface area contributed by atoms with Crippen LogP contribution >= 0.6 is 11.6 Å². The first-order valence-corrected chi connectivity index (χ1v) is 16.9. The summed E-state index contributed by atoms with van der Waals surface area (Å²) in [7, 11) is 1.72. The van der Waals surface area contributed by atoms with Crippen LogP contribution in [0.15, 0.2) is 29.8 Å². The number of carbonyl (C=O) groups excluding carboxylic acids is 4. The first kappa shape index (κ1) is 37.5. The van der Waals surface area contributed by atoms with Crippen LogP contribution in [0, 0.1) is 17.2 Å². The number of anilines is 1. The van der Waals surface area contributed by atoms with Crippen LogP contribution in [0.25, 0.3) is 0 Å². The average molecular weight is 662 g/mol. The molecular weight excluding hydrogens is 609 g/mol. The van der Waals surface area contributed by atoms with Gasteiger partial charge in [0.25, 0.3) is 0 Å². The molecule has 46 heavy (non-hydrogen) atoms. The average Bonchev–Trinajstić information content (AvgIpc) is 3.48. The number of hydrogen-bond donors (Lipinski definition) is 2. The van der Waals surface area contributed by atoms with E-state index in [4.69, 9.17) is 11.6 Å². The van der Waals surface area contributed by atoms with Gasteiger partial charge in [0.2, 0.25) is 23.6 Å². The summed E-state index contributed by atoms with van der Waals surface area (Å²) in [6.07, 6.45) is 5.74. The zero-order chi connectivity index (χ0) is 34.5. The predicted octanol–water partition coefficient (Wildman–Crippen LogP) is 5.63. The second kappa shape index (κ2) is 15.7. The van der Waals surface area contributed by atoms with Crippen LogP contribution in [0.3, 0.4) is 0 Å². The minimum absolute atomic E-state index is 0.0382. The molecule has 9 nitrogen and oxygen atoms in total. The Morgan fingerprint density at radius 3 is 2.24 bits per heavy atom. The molecular formula is C35H53ClFN5O4. The molecule has 4 amide bonds. The Kier molecular flexibility index (Phi) is 12.8. The van der Waals surface area contributed by atoms with Gasteiger partial charge >= 0.3 is 0 Å². The van der Waals surface area contributed by atoms with Gasteiger partial charge in [0.1, 0.15) is 17.9 Å². The van der Waals surface area contributed by atoms with Crippen molar-refractivity contribution >= 4 is 40.9 Å². The van der Waals surface area contributed by atoms with E-state index in [0.29, 0.717) is 30.6 Å². The molecule has 0 spiro atoms. The van der Waals surface area contributed by atoms with E-state index >= 15 is 0 Å². The fraction of sp³-hybridized carbons (Fsp3) is 0.657. The number of likely N-dealkylation sites (N-methyl/N-ethyl adjacent to an activating group) is 1. The summed E-state index contributed by atoms with van der Waals surface area (Å²) in [6.45, 7) is 17.0. The summed E-state index contributed by atoms with van der Waals surface area (Å²) in [5.74, 6) is -1.62. The molecule has 0 aromatic heterocycles. The summed E-state index contributed by atoms with van der Waals surface area (Å²) in [5, 5.41) is 5.76. The van der Waals surface area contributed by atoms with Gasteiger partial charge in [-0.15, -0.1) is 0 Å². The lowest BCUT2D eigenvalue weighted by Crippen LogP contribution is -2.60. The van der Waals surface area contributed by atoms with Crippen molar-refractivity contribution in [2.75, 3.05) is 25.5 Å². The third kappa shape index (κ3) is 9.09. The van der Waals surface area contributed by atoms with Crippen LogP contribution in [-0.4, -0.2) is 88.7 Å². The Balaban J connectivity index is 1.78. The van der Waals surface area contributed by atoms with Gasteiger partial charge in [-0.2, -0.15) is 0 Å². The standard InChI is InChI=1S/C35H53ClFN5O4/c1-21(2)29(40(9)34(46)30(35(6,7)8)39-32(44)27-13-10-11-17-41(27)22(3)4)19-23(5)33(45)42-18-12-14-28(42)31(43)38-24-15-16-26(37)25(36)20-24/h15-16,19-22,27-30H,10-14,17-18H2,1-9H3,(H,38,43)(H,39,44)/t27?,28-,29+,30+/m0/s1. The summed E-state index contributed by atoms with van der Waals surface area (Å²) < 4.78 is 13.6. The first-order valence-electron chi connectivity index (χ1n) is 16.5. The molecule has 2 aliphatic heterocycles. The third-order valence-electron chi connectivity index (χ3n) is 9.15. The van der Waals surface area contributed by atoms with Crippen LogP contribution in [-0.2, 0) is 19.2 Å². The smallest absolute Gasteiger partial charge is 0.249 e. The van der Waals surface area contributed by atoms with Crippen molar-refractivity contribution in [2.45, 2.75) is 118 Å². The van der Waals surface area contributed by atoms with E-state index < -0.39 is 29.4 Å². The van der Waals surface area contributed by atoms with Gasteiger partial charge in [-0.3, -0.25) is 24.1 Å². The maximum Gasteiger partial charge on any atom is 0.249 e. The van der Waals surface area contributed by atoms with Crippen molar-refractivity contribution in [1.82, 2.24) is 20.0 Å². The molecule has 4 atom stereocenters. The van der Waals surface area contributed by atoms with Crippen molar-refractivity contribution in [3.8, 4) is 0 Å². The van der Waals surface area contributed by atoms with E-state index in [9.17, 15) is 23.6 Å². The third-order valence-corrected chi connectivity index (χ3v) is 9.44. The summed E-state index contributed by atoms with van der Waals surface area (Å²) >= 11 is 5.87. The SMILES string of the molecule is CC(=C[C@H](C(C)C)N(C)C(=O)[C@@H](NC(=O)C1CCCCN1C(C)C)C(C)(C)C)C(=O)N1CCC[C@H]1C(=O)Nc1ccc(F)c(Cl)c1. The Bertz CT molecular complexity index is 1310. The first-order chi connectivity index (χ1) is 21.4. The fourth-order valence-corrected chi connectivity index (χ4v) is 6.66. The van der Waals surface area contributed by atoms with Crippen LogP contribution in [0.2, 0.25) is 5.02 Å². The molecule has 1 unspecified atom stereocenters.